The third-order valence-corrected chi connectivity index (χ3v) is 3.70. The molecule has 25 heavy (non-hydrogen) atoms. The fourth-order valence-corrected chi connectivity index (χ4v) is 2.46. The Hall–Kier alpha value is -3.39. The number of carbonyl (C=O) groups is 1. The number of rotatable bonds is 5. The Balaban J connectivity index is 2.07. The van der Waals surface area contributed by atoms with E-state index in [0.29, 0.717) is 33.7 Å². The molecule has 0 unspecified atom stereocenters. The van der Waals surface area contributed by atoms with Crippen molar-refractivity contribution in [2.24, 2.45) is 0 Å². The molecule has 0 fully saturated rings. The molecule has 0 aliphatic rings. The van der Waals surface area contributed by atoms with Gasteiger partial charge in [0.25, 0.3) is 0 Å². The van der Waals surface area contributed by atoms with Crippen LogP contribution in [0.4, 0.5) is 11.5 Å². The molecule has 0 bridgehead atoms. The number of aliphatic hydroxyl groups is 1. The van der Waals surface area contributed by atoms with E-state index < -0.39 is 5.97 Å². The Bertz CT molecular complexity index is 958. The molecule has 1 aromatic heterocycles. The summed E-state index contributed by atoms with van der Waals surface area (Å²) in [7, 11) is 1.50. The zero-order valence-corrected chi connectivity index (χ0v) is 13.2. The minimum atomic E-state index is -1.23. The number of ether oxygens (including phenoxy) is 1. The molecule has 4 N–H and O–H groups in total. The van der Waals surface area contributed by atoms with E-state index in [2.05, 4.69) is 15.3 Å². The largest absolute Gasteiger partial charge is 0.507 e. The van der Waals surface area contributed by atoms with E-state index in [-0.39, 0.29) is 17.9 Å². The number of benzene rings is 2. The third kappa shape index (κ3) is 3.15. The van der Waals surface area contributed by atoms with Crippen LogP contribution < -0.4 is 10.1 Å². The van der Waals surface area contributed by atoms with Crippen LogP contribution in [-0.4, -0.2) is 38.4 Å². The van der Waals surface area contributed by atoms with Gasteiger partial charge in [-0.15, -0.1) is 0 Å². The maximum absolute atomic E-state index is 11.1. The maximum Gasteiger partial charge on any atom is 0.339 e. The van der Waals surface area contributed by atoms with Crippen molar-refractivity contribution in [2.45, 2.75) is 6.61 Å². The summed E-state index contributed by atoms with van der Waals surface area (Å²) in [5.74, 6) is -0.623. The smallest absolute Gasteiger partial charge is 0.339 e. The quantitative estimate of drug-likeness (QED) is 0.521. The van der Waals surface area contributed by atoms with Gasteiger partial charge in [0.2, 0.25) is 0 Å². The first-order valence-corrected chi connectivity index (χ1v) is 7.29. The van der Waals surface area contributed by atoms with Gasteiger partial charge in [0.05, 0.1) is 19.2 Å². The third-order valence-electron chi connectivity index (χ3n) is 3.70. The number of phenols is 1. The molecule has 3 aromatic rings. The van der Waals surface area contributed by atoms with Crippen molar-refractivity contribution < 1.29 is 24.9 Å². The molecule has 128 valence electrons. The molecular weight excluding hydrogens is 326 g/mol. The molecular formula is C17H15N3O5. The number of aromatic hydroxyl groups is 1. The van der Waals surface area contributed by atoms with Crippen LogP contribution in [0.1, 0.15) is 15.9 Å². The lowest BCUT2D eigenvalue weighted by Crippen LogP contribution is -2.01. The zero-order chi connectivity index (χ0) is 18.0. The first-order chi connectivity index (χ1) is 12.0. The molecule has 0 amide bonds. The van der Waals surface area contributed by atoms with Crippen molar-refractivity contribution in [3.63, 3.8) is 0 Å². The highest BCUT2D eigenvalue weighted by Crippen LogP contribution is 2.31. The average Bonchev–Trinajstić information content (AvgIpc) is 2.62. The molecule has 0 aliphatic heterocycles. The lowest BCUT2D eigenvalue weighted by Gasteiger charge is -2.12. The average molecular weight is 341 g/mol. The molecule has 0 saturated heterocycles. The molecule has 0 spiro atoms. The molecule has 8 heteroatoms. The summed E-state index contributed by atoms with van der Waals surface area (Å²) < 4.78 is 5.26. The summed E-state index contributed by atoms with van der Waals surface area (Å²) in [6.07, 6.45) is 1.36. The Kier molecular flexibility index (Phi) is 4.36. The topological polar surface area (TPSA) is 125 Å². The number of aromatic carboxylic acids is 1. The monoisotopic (exact) mass is 341 g/mol. The highest BCUT2D eigenvalue weighted by Gasteiger charge is 2.13. The number of nitrogens with zero attached hydrogens (tertiary/aromatic N) is 2. The predicted octanol–water partition coefficient (Wildman–Crippen LogP) is 2.28. The van der Waals surface area contributed by atoms with Crippen LogP contribution in [0.3, 0.4) is 0 Å². The van der Waals surface area contributed by atoms with Gasteiger partial charge in [0.15, 0.2) is 0 Å². The first-order valence-electron chi connectivity index (χ1n) is 7.29. The van der Waals surface area contributed by atoms with Gasteiger partial charge in [-0.25, -0.2) is 14.8 Å². The highest BCUT2D eigenvalue weighted by atomic mass is 16.5. The highest BCUT2D eigenvalue weighted by molar-refractivity contribution is 5.94. The fraction of sp³-hybridized carbons (Fsp3) is 0.118. The number of hydrogen-bond donors (Lipinski definition) is 4. The van der Waals surface area contributed by atoms with Gasteiger partial charge >= 0.3 is 5.97 Å². The van der Waals surface area contributed by atoms with E-state index in [4.69, 9.17) is 9.84 Å². The normalized spacial score (nSPS) is 10.6. The van der Waals surface area contributed by atoms with Gasteiger partial charge in [-0.2, -0.15) is 0 Å². The number of hydrogen-bond acceptors (Lipinski definition) is 7. The minimum Gasteiger partial charge on any atom is -0.507 e. The van der Waals surface area contributed by atoms with E-state index in [1.807, 2.05) is 0 Å². The number of methoxy groups -OCH3 is 1. The number of aliphatic hydroxyl groups excluding tert-OH is 1. The van der Waals surface area contributed by atoms with Gasteiger partial charge < -0.3 is 25.4 Å². The van der Waals surface area contributed by atoms with Crippen molar-refractivity contribution in [3.8, 4) is 11.5 Å². The maximum atomic E-state index is 11.1. The van der Waals surface area contributed by atoms with Crippen molar-refractivity contribution in [2.75, 3.05) is 12.4 Å². The lowest BCUT2D eigenvalue weighted by atomic mass is 10.1. The number of carboxylic acid groups (broad SMARTS) is 1. The molecule has 2 aromatic carbocycles. The molecule has 3 rings (SSSR count). The number of carboxylic acids is 1. The van der Waals surface area contributed by atoms with Gasteiger partial charge in [0.1, 0.15) is 29.2 Å². The summed E-state index contributed by atoms with van der Waals surface area (Å²) in [6, 6.07) is 7.53. The SMILES string of the molecule is COc1cc2c(Nc3ccc(O)c(C(=O)O)c3)ncnc2cc1CO. The predicted molar refractivity (Wildman–Crippen MR) is 90.4 cm³/mol. The first kappa shape index (κ1) is 16.5. The summed E-state index contributed by atoms with van der Waals surface area (Å²) in [4.78, 5) is 19.5. The summed E-state index contributed by atoms with van der Waals surface area (Å²) in [5, 5.41) is 31.8. The Morgan fingerprint density at radius 2 is 2.04 bits per heavy atom. The lowest BCUT2D eigenvalue weighted by molar-refractivity contribution is 0.0694. The number of fused-ring (bicyclic) bond motifs is 1. The van der Waals surface area contributed by atoms with Crippen LogP contribution in [-0.2, 0) is 6.61 Å². The van der Waals surface area contributed by atoms with Crippen LogP contribution in [0.15, 0.2) is 36.7 Å². The second-order valence-corrected chi connectivity index (χ2v) is 5.22. The molecule has 0 aliphatic carbocycles. The van der Waals surface area contributed by atoms with Crippen LogP contribution in [0.25, 0.3) is 10.9 Å². The van der Waals surface area contributed by atoms with Gasteiger partial charge in [-0.05, 0) is 30.3 Å². The molecule has 0 saturated carbocycles. The zero-order valence-electron chi connectivity index (χ0n) is 13.2. The number of nitrogens with one attached hydrogen (secondary N) is 1. The number of aromatic nitrogens is 2. The Morgan fingerprint density at radius 3 is 2.72 bits per heavy atom. The number of anilines is 2. The Morgan fingerprint density at radius 1 is 1.24 bits per heavy atom. The Labute approximate surface area is 142 Å². The van der Waals surface area contributed by atoms with E-state index in [9.17, 15) is 15.0 Å². The van der Waals surface area contributed by atoms with Crippen LogP contribution in [0.2, 0.25) is 0 Å². The second-order valence-electron chi connectivity index (χ2n) is 5.22. The van der Waals surface area contributed by atoms with Crippen LogP contribution in [0.5, 0.6) is 11.5 Å². The van der Waals surface area contributed by atoms with Crippen molar-refractivity contribution in [1.82, 2.24) is 9.97 Å². The van der Waals surface area contributed by atoms with E-state index in [1.54, 1.807) is 12.1 Å². The van der Waals surface area contributed by atoms with Gasteiger partial charge in [-0.1, -0.05) is 0 Å². The van der Waals surface area contributed by atoms with E-state index >= 15 is 0 Å². The van der Waals surface area contributed by atoms with Crippen molar-refractivity contribution in [3.05, 3.63) is 47.8 Å². The minimum absolute atomic E-state index is 0.189. The molecule has 0 atom stereocenters. The van der Waals surface area contributed by atoms with Crippen LogP contribution >= 0.6 is 0 Å². The van der Waals surface area contributed by atoms with Crippen LogP contribution in [0, 0.1) is 0 Å². The van der Waals surface area contributed by atoms with Crippen molar-refractivity contribution >= 4 is 28.4 Å². The second kappa shape index (κ2) is 6.62. The summed E-state index contributed by atoms with van der Waals surface area (Å²) in [6.45, 7) is -0.189. The fourth-order valence-electron chi connectivity index (χ4n) is 2.46. The molecule has 1 heterocycles. The van der Waals surface area contributed by atoms with Crippen molar-refractivity contribution in [1.29, 1.82) is 0 Å². The van der Waals surface area contributed by atoms with Gasteiger partial charge in [0, 0.05) is 16.6 Å². The summed E-state index contributed by atoms with van der Waals surface area (Å²) >= 11 is 0. The van der Waals surface area contributed by atoms with Gasteiger partial charge in [-0.3, -0.25) is 0 Å². The summed E-state index contributed by atoms with van der Waals surface area (Å²) in [5.41, 5.74) is 1.42. The standard InChI is InChI=1S/C17H15N3O5/c1-25-15-6-11-13(4-9(15)7-21)18-8-19-16(11)20-10-2-3-14(22)12(5-10)17(23)24/h2-6,8,21-22H,7H2,1H3,(H,23,24)(H,18,19,20). The van der Waals surface area contributed by atoms with E-state index in [0.717, 1.165) is 0 Å². The molecule has 8 nitrogen and oxygen atoms in total. The van der Waals surface area contributed by atoms with E-state index in [1.165, 1.54) is 31.6 Å². The molecule has 0 radical (unpaired) electrons.